The summed E-state index contributed by atoms with van der Waals surface area (Å²) in [6.45, 7) is 6.42. The molecule has 0 unspecified atom stereocenters. The Bertz CT molecular complexity index is 1110. The van der Waals surface area contributed by atoms with Gasteiger partial charge in [0.05, 0.1) is 20.4 Å². The molecule has 0 fully saturated rings. The third-order valence-electron chi connectivity index (χ3n) is 4.87. The first-order valence-electron chi connectivity index (χ1n) is 10.1. The van der Waals surface area contributed by atoms with E-state index in [0.29, 0.717) is 0 Å². The molecule has 4 nitrogen and oxygen atoms in total. The topological polar surface area (TPSA) is 34.6 Å². The smallest absolute Gasteiger partial charge is 0.211 e. The number of rotatable bonds is 7. The molecule has 2 heterocycles. The van der Waals surface area contributed by atoms with Gasteiger partial charge in [0.1, 0.15) is 0 Å². The molecule has 0 aliphatic heterocycles. The summed E-state index contributed by atoms with van der Waals surface area (Å²) >= 11 is 3.44. The van der Waals surface area contributed by atoms with Crippen LogP contribution < -0.4 is 9.60 Å². The van der Waals surface area contributed by atoms with Crippen LogP contribution in [0.4, 0.5) is 0 Å². The quantitative estimate of drug-likeness (QED) is 0.349. The lowest BCUT2D eigenvalue weighted by atomic mass is 10.3. The Morgan fingerprint density at radius 2 is 1.11 bits per heavy atom. The number of fused-ring (bicyclic) bond motifs is 2. The zero-order valence-electron chi connectivity index (χ0n) is 16.5. The van der Waals surface area contributed by atoms with Crippen LogP contribution >= 0.6 is 22.7 Å². The Morgan fingerprint density at radius 1 is 0.679 bits per heavy atom. The summed E-state index contributed by atoms with van der Waals surface area (Å²) in [6, 6.07) is 17.1. The van der Waals surface area contributed by atoms with Crippen molar-refractivity contribution in [1.29, 1.82) is 0 Å². The number of unbranched alkanes of at least 4 members (excludes halogenated alkanes) is 2. The van der Waals surface area contributed by atoms with E-state index in [9.17, 15) is 0 Å². The minimum Gasteiger partial charge on any atom is -0.315 e. The van der Waals surface area contributed by atoms with E-state index in [1.807, 2.05) is 0 Å². The average Bonchev–Trinajstić information content (AvgIpc) is 3.26. The van der Waals surface area contributed by atoms with Crippen LogP contribution in [0.15, 0.2) is 58.7 Å². The van der Waals surface area contributed by atoms with Crippen LogP contribution in [-0.4, -0.2) is 9.13 Å². The van der Waals surface area contributed by atoms with E-state index >= 15 is 0 Å². The van der Waals surface area contributed by atoms with Gasteiger partial charge in [-0.15, -0.1) is 10.2 Å². The lowest BCUT2D eigenvalue weighted by molar-refractivity contribution is 0.622. The number of aryl methyl sites for hydroxylation is 2. The van der Waals surface area contributed by atoms with Gasteiger partial charge in [0, 0.05) is 13.1 Å². The summed E-state index contributed by atoms with van der Waals surface area (Å²) < 4.78 is 7.17. The monoisotopic (exact) mass is 410 g/mol. The molecule has 0 radical (unpaired) electrons. The Labute approximate surface area is 173 Å². The van der Waals surface area contributed by atoms with Crippen LogP contribution in [0.25, 0.3) is 20.4 Å². The number of aromatic nitrogens is 2. The molecule has 0 aliphatic carbocycles. The fourth-order valence-electron chi connectivity index (χ4n) is 3.34. The maximum Gasteiger partial charge on any atom is 0.211 e. The van der Waals surface area contributed by atoms with Crippen LogP contribution in [0.1, 0.15) is 39.5 Å². The zero-order valence-corrected chi connectivity index (χ0v) is 18.1. The van der Waals surface area contributed by atoms with E-state index in [1.165, 1.54) is 33.3 Å². The summed E-state index contributed by atoms with van der Waals surface area (Å²) in [5, 5.41) is 9.45. The van der Waals surface area contributed by atoms with Crippen molar-refractivity contribution in [1.82, 2.24) is 9.13 Å². The molecule has 2 aromatic heterocycles. The molecule has 146 valence electrons. The second-order valence-corrected chi connectivity index (χ2v) is 8.93. The van der Waals surface area contributed by atoms with Crippen molar-refractivity contribution < 1.29 is 0 Å². The van der Waals surface area contributed by atoms with E-state index in [0.717, 1.165) is 35.5 Å². The third kappa shape index (κ3) is 3.84. The molecule has 28 heavy (non-hydrogen) atoms. The number of benzene rings is 2. The minimum absolute atomic E-state index is 0.981. The van der Waals surface area contributed by atoms with E-state index in [-0.39, 0.29) is 0 Å². The summed E-state index contributed by atoms with van der Waals surface area (Å²) in [5.74, 6) is 0. The zero-order chi connectivity index (χ0) is 19.3. The van der Waals surface area contributed by atoms with Gasteiger partial charge >= 0.3 is 0 Å². The van der Waals surface area contributed by atoms with Gasteiger partial charge in [-0.1, -0.05) is 73.6 Å². The molecule has 4 aromatic rings. The SMILES string of the molecule is CCCCn1/c(=N/N=c2/sc3ccccc3n2CCCC)sc2ccccc21. The second kappa shape index (κ2) is 8.88. The highest BCUT2D eigenvalue weighted by atomic mass is 32.1. The van der Waals surface area contributed by atoms with Crippen molar-refractivity contribution in [2.75, 3.05) is 0 Å². The predicted molar refractivity (Wildman–Crippen MR) is 121 cm³/mol. The molecule has 0 aliphatic rings. The highest BCUT2D eigenvalue weighted by Gasteiger charge is 2.07. The number of hydrogen-bond donors (Lipinski definition) is 0. The molecule has 4 rings (SSSR count). The minimum atomic E-state index is 0.981. The Balaban J connectivity index is 1.87. The van der Waals surface area contributed by atoms with Crippen molar-refractivity contribution >= 4 is 43.1 Å². The summed E-state index contributed by atoms with van der Waals surface area (Å²) in [7, 11) is 0. The molecule has 0 N–H and O–H groups in total. The molecule has 0 saturated heterocycles. The first kappa shape index (κ1) is 19.2. The second-order valence-electron chi connectivity index (χ2n) is 6.92. The third-order valence-corrected chi connectivity index (χ3v) is 6.97. The first-order chi connectivity index (χ1) is 13.8. The Hall–Kier alpha value is -2.18. The van der Waals surface area contributed by atoms with Gasteiger partial charge in [-0.05, 0) is 37.1 Å². The maximum absolute atomic E-state index is 4.73. The summed E-state index contributed by atoms with van der Waals surface area (Å²) in [4.78, 5) is 1.96. The van der Waals surface area contributed by atoms with E-state index < -0.39 is 0 Å². The van der Waals surface area contributed by atoms with Crippen LogP contribution in [0.3, 0.4) is 0 Å². The largest absolute Gasteiger partial charge is 0.315 e. The lowest BCUT2D eigenvalue weighted by Gasteiger charge is -2.03. The van der Waals surface area contributed by atoms with Crippen molar-refractivity contribution in [2.45, 2.75) is 52.6 Å². The normalized spacial score (nSPS) is 13.2. The molecular formula is C22H26N4S2. The van der Waals surface area contributed by atoms with Gasteiger partial charge < -0.3 is 9.13 Å². The molecular weight excluding hydrogens is 384 g/mol. The number of hydrogen-bond acceptors (Lipinski definition) is 4. The fourth-order valence-corrected chi connectivity index (χ4v) is 5.36. The van der Waals surface area contributed by atoms with Crippen molar-refractivity contribution in [2.24, 2.45) is 10.2 Å². The van der Waals surface area contributed by atoms with E-state index in [2.05, 4.69) is 71.5 Å². The van der Waals surface area contributed by atoms with Gasteiger partial charge in [-0.3, -0.25) is 0 Å². The molecule has 2 aromatic carbocycles. The number of nitrogens with zero attached hydrogens (tertiary/aromatic N) is 4. The molecule has 0 atom stereocenters. The molecule has 0 bridgehead atoms. The van der Waals surface area contributed by atoms with Gasteiger partial charge in [0.2, 0.25) is 9.60 Å². The van der Waals surface area contributed by atoms with Crippen molar-refractivity contribution in [3.05, 3.63) is 58.1 Å². The summed E-state index contributed by atoms with van der Waals surface area (Å²) in [5.41, 5.74) is 2.51. The average molecular weight is 411 g/mol. The Kier molecular flexibility index (Phi) is 6.07. The predicted octanol–water partition coefficient (Wildman–Crippen LogP) is 5.74. The van der Waals surface area contributed by atoms with Gasteiger partial charge in [-0.25, -0.2) is 0 Å². The maximum atomic E-state index is 4.73. The van der Waals surface area contributed by atoms with Crippen molar-refractivity contribution in [3.8, 4) is 0 Å². The molecule has 6 heteroatoms. The van der Waals surface area contributed by atoms with Gasteiger partial charge in [-0.2, -0.15) is 0 Å². The van der Waals surface area contributed by atoms with Crippen molar-refractivity contribution in [3.63, 3.8) is 0 Å². The standard InChI is InChI=1S/C22H26N4S2/c1-3-5-15-25-17-11-7-9-13-19(17)27-21(25)23-24-22-26(16-6-4-2)18-12-8-10-14-20(18)28-22/h7-14H,3-6,15-16H2,1-2H3/b23-21-,24-22+. The van der Waals surface area contributed by atoms with E-state index in [1.54, 1.807) is 22.7 Å². The van der Waals surface area contributed by atoms with Gasteiger partial charge in [0.25, 0.3) is 0 Å². The highest BCUT2D eigenvalue weighted by molar-refractivity contribution is 7.16. The van der Waals surface area contributed by atoms with Crippen LogP contribution in [0.2, 0.25) is 0 Å². The lowest BCUT2D eigenvalue weighted by Crippen LogP contribution is -2.17. The summed E-state index contributed by atoms with van der Waals surface area (Å²) in [6.07, 6.45) is 4.63. The molecule has 0 spiro atoms. The van der Waals surface area contributed by atoms with Crippen LogP contribution in [0.5, 0.6) is 0 Å². The Morgan fingerprint density at radius 3 is 1.54 bits per heavy atom. The van der Waals surface area contributed by atoms with E-state index in [4.69, 9.17) is 10.2 Å². The first-order valence-corrected chi connectivity index (χ1v) is 11.7. The number of para-hydroxylation sites is 2. The van der Waals surface area contributed by atoms with Crippen LogP contribution in [-0.2, 0) is 13.1 Å². The fraction of sp³-hybridized carbons (Fsp3) is 0.364. The highest BCUT2D eigenvalue weighted by Crippen LogP contribution is 2.18. The van der Waals surface area contributed by atoms with Gasteiger partial charge in [0.15, 0.2) is 0 Å². The van der Waals surface area contributed by atoms with Crippen LogP contribution in [0, 0.1) is 0 Å². The molecule has 0 saturated carbocycles. The molecule has 0 amide bonds. The number of thiazole rings is 2.